The van der Waals surface area contributed by atoms with Gasteiger partial charge < -0.3 is 0 Å². The van der Waals surface area contributed by atoms with Crippen LogP contribution in [-0.2, 0) is 0 Å². The number of benzene rings is 1. The maximum atomic E-state index is 10.9. The van der Waals surface area contributed by atoms with Crippen molar-refractivity contribution in [1.29, 1.82) is 0 Å². The minimum atomic E-state index is -0.393. The Kier molecular flexibility index (Phi) is 3.94. The monoisotopic (exact) mass is 324 g/mol. The van der Waals surface area contributed by atoms with E-state index < -0.39 is 4.92 Å². The molecule has 0 spiro atoms. The van der Waals surface area contributed by atoms with Crippen LogP contribution in [0.3, 0.4) is 0 Å². The van der Waals surface area contributed by atoms with Crippen LogP contribution in [0.2, 0.25) is 0 Å². The van der Waals surface area contributed by atoms with Crippen LogP contribution >= 0.6 is 15.9 Å². The number of rotatable bonds is 4. The van der Waals surface area contributed by atoms with Gasteiger partial charge in [0, 0.05) is 6.07 Å². The van der Waals surface area contributed by atoms with Crippen LogP contribution in [0.5, 0.6) is 0 Å². The van der Waals surface area contributed by atoms with E-state index >= 15 is 0 Å². The van der Waals surface area contributed by atoms with Crippen LogP contribution < -0.4 is 0 Å². The fraction of sp³-hybridized carbons (Fsp3) is 0.333. The first-order valence-electron chi connectivity index (χ1n) is 5.85. The van der Waals surface area contributed by atoms with Crippen molar-refractivity contribution < 1.29 is 4.92 Å². The highest BCUT2D eigenvalue weighted by Crippen LogP contribution is 2.27. The average Bonchev–Trinajstić information content (AvgIpc) is 2.87. The SMILES string of the molecule is CCC(Br)c1cn(-c2cccc([N+](=O)[O-])c2C)nn1. The van der Waals surface area contributed by atoms with E-state index in [-0.39, 0.29) is 10.5 Å². The number of halogens is 1. The van der Waals surface area contributed by atoms with Crippen molar-refractivity contribution in [3.05, 3.63) is 45.8 Å². The predicted octanol–water partition coefficient (Wildman–Crippen LogP) is 3.33. The molecule has 0 N–H and O–H groups in total. The molecular formula is C12H13BrN4O2. The fourth-order valence-corrected chi connectivity index (χ4v) is 2.01. The van der Waals surface area contributed by atoms with Crippen molar-refractivity contribution in [3.8, 4) is 5.69 Å². The van der Waals surface area contributed by atoms with Gasteiger partial charge in [-0.25, -0.2) is 4.68 Å². The first-order valence-corrected chi connectivity index (χ1v) is 6.76. The van der Waals surface area contributed by atoms with Gasteiger partial charge in [0.2, 0.25) is 0 Å². The molecule has 6 nitrogen and oxygen atoms in total. The summed E-state index contributed by atoms with van der Waals surface area (Å²) >= 11 is 3.50. The largest absolute Gasteiger partial charge is 0.274 e. The molecule has 1 heterocycles. The average molecular weight is 325 g/mol. The van der Waals surface area contributed by atoms with Crippen molar-refractivity contribution in [3.63, 3.8) is 0 Å². The Morgan fingerprint density at radius 2 is 2.26 bits per heavy atom. The number of hydrogen-bond donors (Lipinski definition) is 0. The third-order valence-electron chi connectivity index (χ3n) is 2.91. The first kappa shape index (κ1) is 13.7. The lowest BCUT2D eigenvalue weighted by Crippen LogP contribution is -2.01. The van der Waals surface area contributed by atoms with Crippen LogP contribution in [-0.4, -0.2) is 19.9 Å². The summed E-state index contributed by atoms with van der Waals surface area (Å²) in [6.45, 7) is 3.75. The van der Waals surface area contributed by atoms with Gasteiger partial charge in [0.05, 0.1) is 32.9 Å². The maximum Gasteiger partial charge on any atom is 0.274 e. The van der Waals surface area contributed by atoms with Gasteiger partial charge in [0.1, 0.15) is 0 Å². The smallest absolute Gasteiger partial charge is 0.258 e. The Morgan fingerprint density at radius 1 is 1.53 bits per heavy atom. The highest BCUT2D eigenvalue weighted by molar-refractivity contribution is 9.09. The molecule has 19 heavy (non-hydrogen) atoms. The van der Waals surface area contributed by atoms with Gasteiger partial charge in [-0.3, -0.25) is 10.1 Å². The van der Waals surface area contributed by atoms with Crippen molar-refractivity contribution in [1.82, 2.24) is 15.0 Å². The molecule has 0 saturated carbocycles. The summed E-state index contributed by atoms with van der Waals surface area (Å²) in [4.78, 5) is 10.7. The minimum Gasteiger partial charge on any atom is -0.258 e. The standard InChI is InChI=1S/C12H13BrN4O2/c1-3-9(13)10-7-16(15-14-10)11-5-4-6-12(8(11)2)17(18)19/h4-7,9H,3H2,1-2H3. The highest BCUT2D eigenvalue weighted by atomic mass is 79.9. The van der Waals surface area contributed by atoms with Gasteiger partial charge in [-0.15, -0.1) is 5.10 Å². The molecule has 1 aromatic carbocycles. The fourth-order valence-electron chi connectivity index (χ4n) is 1.80. The Balaban J connectivity index is 2.45. The van der Waals surface area contributed by atoms with E-state index in [1.165, 1.54) is 6.07 Å². The number of aromatic nitrogens is 3. The molecular weight excluding hydrogens is 312 g/mol. The molecule has 0 fully saturated rings. The lowest BCUT2D eigenvalue weighted by atomic mass is 10.1. The molecule has 100 valence electrons. The summed E-state index contributed by atoms with van der Waals surface area (Å²) in [5.41, 5.74) is 2.14. The molecule has 1 aromatic heterocycles. The number of alkyl halides is 1. The van der Waals surface area contributed by atoms with Gasteiger partial charge in [-0.1, -0.05) is 34.1 Å². The van der Waals surface area contributed by atoms with Gasteiger partial charge in [-0.05, 0) is 19.4 Å². The summed E-state index contributed by atoms with van der Waals surface area (Å²) < 4.78 is 1.57. The molecule has 0 aliphatic heterocycles. The molecule has 0 bridgehead atoms. The lowest BCUT2D eigenvalue weighted by Gasteiger charge is -2.05. The van der Waals surface area contributed by atoms with Gasteiger partial charge in [0.15, 0.2) is 0 Å². The van der Waals surface area contributed by atoms with E-state index in [1.54, 1.807) is 29.9 Å². The molecule has 0 saturated heterocycles. The molecule has 1 unspecified atom stereocenters. The first-order chi connectivity index (χ1) is 9.04. The van der Waals surface area contributed by atoms with Gasteiger partial charge in [0.25, 0.3) is 5.69 Å². The molecule has 0 radical (unpaired) electrons. The van der Waals surface area contributed by atoms with Crippen LogP contribution in [0.1, 0.15) is 29.4 Å². The van der Waals surface area contributed by atoms with E-state index in [9.17, 15) is 10.1 Å². The Bertz CT molecular complexity index is 612. The minimum absolute atomic E-state index is 0.0837. The molecule has 2 rings (SSSR count). The quantitative estimate of drug-likeness (QED) is 0.491. The molecule has 0 amide bonds. The normalized spacial score (nSPS) is 12.4. The summed E-state index contributed by atoms with van der Waals surface area (Å²) in [5, 5.41) is 19.0. The number of hydrogen-bond acceptors (Lipinski definition) is 4. The van der Waals surface area contributed by atoms with E-state index in [2.05, 4.69) is 26.2 Å². The van der Waals surface area contributed by atoms with Gasteiger partial charge >= 0.3 is 0 Å². The van der Waals surface area contributed by atoms with Crippen molar-refractivity contribution >= 4 is 21.6 Å². The summed E-state index contributed by atoms with van der Waals surface area (Å²) in [7, 11) is 0. The molecule has 0 aliphatic carbocycles. The Morgan fingerprint density at radius 3 is 2.89 bits per heavy atom. The van der Waals surface area contributed by atoms with Crippen LogP contribution in [0.25, 0.3) is 5.69 Å². The zero-order valence-electron chi connectivity index (χ0n) is 10.6. The van der Waals surface area contributed by atoms with E-state index in [4.69, 9.17) is 0 Å². The number of nitro benzene ring substituents is 1. The molecule has 1 atom stereocenters. The van der Waals surface area contributed by atoms with E-state index in [0.29, 0.717) is 11.3 Å². The Hall–Kier alpha value is -1.76. The van der Waals surface area contributed by atoms with Crippen LogP contribution in [0.4, 0.5) is 5.69 Å². The third kappa shape index (κ3) is 2.65. The second kappa shape index (κ2) is 5.48. The Labute approximate surface area is 118 Å². The predicted molar refractivity (Wildman–Crippen MR) is 74.7 cm³/mol. The summed E-state index contributed by atoms with van der Waals surface area (Å²) in [5.74, 6) is 0. The zero-order chi connectivity index (χ0) is 14.0. The van der Waals surface area contributed by atoms with Crippen molar-refractivity contribution in [2.24, 2.45) is 0 Å². The van der Waals surface area contributed by atoms with E-state index in [1.807, 2.05) is 6.92 Å². The number of nitrogens with zero attached hydrogens (tertiary/aromatic N) is 4. The maximum absolute atomic E-state index is 10.9. The second-order valence-electron chi connectivity index (χ2n) is 4.14. The lowest BCUT2D eigenvalue weighted by molar-refractivity contribution is -0.385. The van der Waals surface area contributed by atoms with E-state index in [0.717, 1.165) is 12.1 Å². The molecule has 2 aromatic rings. The van der Waals surface area contributed by atoms with Crippen LogP contribution in [0.15, 0.2) is 24.4 Å². The topological polar surface area (TPSA) is 73.8 Å². The summed E-state index contributed by atoms with van der Waals surface area (Å²) in [6.07, 6.45) is 2.68. The molecule has 7 heteroatoms. The zero-order valence-corrected chi connectivity index (χ0v) is 12.2. The van der Waals surface area contributed by atoms with Crippen molar-refractivity contribution in [2.75, 3.05) is 0 Å². The number of nitro groups is 1. The highest BCUT2D eigenvalue weighted by Gasteiger charge is 2.16. The van der Waals surface area contributed by atoms with Crippen molar-refractivity contribution in [2.45, 2.75) is 25.1 Å². The second-order valence-corrected chi connectivity index (χ2v) is 5.25. The van der Waals surface area contributed by atoms with Gasteiger partial charge in [-0.2, -0.15) is 0 Å². The van der Waals surface area contributed by atoms with Crippen LogP contribution in [0, 0.1) is 17.0 Å². The molecule has 0 aliphatic rings. The summed E-state index contributed by atoms with van der Waals surface area (Å²) in [6, 6.07) is 4.92. The third-order valence-corrected chi connectivity index (χ3v) is 4.03.